The summed E-state index contributed by atoms with van der Waals surface area (Å²) >= 11 is 0. The average Bonchev–Trinajstić information content (AvgIpc) is 3.46. The molecule has 0 aromatic heterocycles. The van der Waals surface area contributed by atoms with E-state index >= 15 is 0 Å². The van der Waals surface area contributed by atoms with Gasteiger partial charge in [-0.1, -0.05) is 43.9 Å². The predicted molar refractivity (Wildman–Crippen MR) is 149 cm³/mol. The summed E-state index contributed by atoms with van der Waals surface area (Å²) < 4.78 is 18.6. The van der Waals surface area contributed by atoms with E-state index in [0.717, 1.165) is 82.4 Å². The Hall–Kier alpha value is -1.77. The maximum atomic E-state index is 12.7. The topological polar surface area (TPSA) is 99.0 Å². The van der Waals surface area contributed by atoms with Crippen LogP contribution in [0.4, 0.5) is 0 Å². The number of benzene rings is 2. The monoisotopic (exact) mass is 531 g/mol. The first-order valence-corrected chi connectivity index (χ1v) is 15.2. The third-order valence-electron chi connectivity index (χ3n) is 7.13. The van der Waals surface area contributed by atoms with E-state index in [0.29, 0.717) is 22.9 Å². The number of rotatable bonds is 18. The number of unbranched alkanes of at least 4 members (excludes halogenated alkanes) is 4. The second kappa shape index (κ2) is 16.9. The third kappa shape index (κ3) is 10.5. The number of aliphatic hydroxyl groups excluding tert-OH is 2. The van der Waals surface area contributed by atoms with E-state index in [9.17, 15) is 19.5 Å². The van der Waals surface area contributed by atoms with Crippen molar-refractivity contribution in [3.05, 3.63) is 59.2 Å². The minimum absolute atomic E-state index is 0.0466. The van der Waals surface area contributed by atoms with Crippen molar-refractivity contribution < 1.29 is 24.3 Å². The Labute approximate surface area is 224 Å². The molecule has 1 fully saturated rings. The molecule has 0 saturated heterocycles. The number of hydrogen-bond donors (Lipinski definition) is 4. The Bertz CT molecular complexity index is 947. The van der Waals surface area contributed by atoms with E-state index in [1.165, 1.54) is 24.5 Å². The predicted octanol–water partition coefficient (Wildman–Crippen LogP) is 5.16. The van der Waals surface area contributed by atoms with Crippen molar-refractivity contribution in [1.82, 2.24) is 5.32 Å². The molecule has 6 nitrogen and oxygen atoms in total. The molecule has 1 aliphatic rings. The van der Waals surface area contributed by atoms with Gasteiger partial charge >= 0.3 is 0 Å². The van der Waals surface area contributed by atoms with Crippen molar-refractivity contribution in [1.29, 1.82) is 0 Å². The Morgan fingerprint density at radius 1 is 0.973 bits per heavy atom. The summed E-state index contributed by atoms with van der Waals surface area (Å²) in [6, 6.07) is 13.2. The van der Waals surface area contributed by atoms with E-state index in [-0.39, 0.29) is 12.4 Å². The summed E-state index contributed by atoms with van der Waals surface area (Å²) in [4.78, 5) is 1.00. The quantitative estimate of drug-likeness (QED) is 0.198. The molecule has 2 aromatic carbocycles. The molecule has 0 radical (unpaired) electrons. The van der Waals surface area contributed by atoms with Gasteiger partial charge in [0.15, 0.2) is 0 Å². The van der Waals surface area contributed by atoms with Crippen molar-refractivity contribution >= 4 is 10.8 Å². The van der Waals surface area contributed by atoms with Gasteiger partial charge in [-0.25, -0.2) is 0 Å². The van der Waals surface area contributed by atoms with Crippen LogP contribution < -0.4 is 5.32 Å². The maximum absolute atomic E-state index is 12.7. The van der Waals surface area contributed by atoms with Gasteiger partial charge in [0.2, 0.25) is 0 Å². The van der Waals surface area contributed by atoms with E-state index < -0.39 is 16.9 Å². The van der Waals surface area contributed by atoms with Gasteiger partial charge < -0.3 is 25.4 Å². The van der Waals surface area contributed by atoms with Crippen LogP contribution >= 0.6 is 0 Å². The molecule has 0 spiro atoms. The Morgan fingerprint density at radius 3 is 2.51 bits per heavy atom. The van der Waals surface area contributed by atoms with Crippen LogP contribution in [0.15, 0.2) is 47.4 Å². The normalized spacial score (nSPS) is 15.7. The number of phenols is 1. The third-order valence-corrected chi connectivity index (χ3v) is 8.92. The molecule has 2 aromatic rings. The SMILES string of the molecule is O=S(c1cccc(CCCCOCCCCCCNCC(O)c2ccc(O)c(CO)c2)c1)C1CCCC1. The lowest BCUT2D eigenvalue weighted by Gasteiger charge is -2.14. The van der Waals surface area contributed by atoms with Crippen LogP contribution in [0.25, 0.3) is 0 Å². The maximum Gasteiger partial charge on any atom is 0.121 e. The van der Waals surface area contributed by atoms with Gasteiger partial charge in [-0.2, -0.15) is 0 Å². The van der Waals surface area contributed by atoms with Crippen molar-refractivity contribution in [2.75, 3.05) is 26.3 Å². The number of ether oxygens (including phenoxy) is 1. The van der Waals surface area contributed by atoms with E-state index in [2.05, 4.69) is 23.5 Å². The molecule has 0 bridgehead atoms. The van der Waals surface area contributed by atoms with E-state index in [1.807, 2.05) is 6.07 Å². The van der Waals surface area contributed by atoms with Gasteiger partial charge in [-0.15, -0.1) is 0 Å². The van der Waals surface area contributed by atoms with Gasteiger partial charge in [0.1, 0.15) is 5.75 Å². The Morgan fingerprint density at radius 2 is 1.73 bits per heavy atom. The zero-order valence-corrected chi connectivity index (χ0v) is 22.9. The van der Waals surface area contributed by atoms with Crippen molar-refractivity contribution in [2.24, 2.45) is 0 Å². The van der Waals surface area contributed by atoms with Gasteiger partial charge in [-0.3, -0.25) is 4.21 Å². The molecule has 1 saturated carbocycles. The van der Waals surface area contributed by atoms with Crippen LogP contribution in [0.3, 0.4) is 0 Å². The van der Waals surface area contributed by atoms with Crippen molar-refractivity contribution in [2.45, 2.75) is 93.5 Å². The molecule has 3 rings (SSSR count). The molecule has 4 N–H and O–H groups in total. The highest BCUT2D eigenvalue weighted by Crippen LogP contribution is 2.27. The first-order chi connectivity index (χ1) is 18.1. The number of aliphatic hydroxyl groups is 2. The molecule has 2 atom stereocenters. The number of aromatic hydroxyl groups is 1. The molecule has 0 heterocycles. The van der Waals surface area contributed by atoms with Gasteiger partial charge in [0.25, 0.3) is 0 Å². The zero-order valence-electron chi connectivity index (χ0n) is 22.1. The fraction of sp³-hybridized carbons (Fsp3) is 0.600. The fourth-order valence-electron chi connectivity index (χ4n) is 4.86. The van der Waals surface area contributed by atoms with Crippen LogP contribution in [-0.2, 0) is 28.6 Å². The summed E-state index contributed by atoms with van der Waals surface area (Å²) in [5.41, 5.74) is 2.40. The summed E-state index contributed by atoms with van der Waals surface area (Å²) in [5, 5.41) is 32.8. The molecule has 1 aliphatic carbocycles. The summed E-state index contributed by atoms with van der Waals surface area (Å²) in [5.74, 6) is 0.0466. The highest BCUT2D eigenvalue weighted by molar-refractivity contribution is 7.85. The summed E-state index contributed by atoms with van der Waals surface area (Å²) in [6.45, 7) is 2.64. The highest BCUT2D eigenvalue weighted by atomic mass is 32.2. The molecular weight excluding hydrogens is 486 g/mol. The van der Waals surface area contributed by atoms with Gasteiger partial charge in [0.05, 0.1) is 23.5 Å². The summed E-state index contributed by atoms with van der Waals surface area (Å²) in [7, 11) is -0.853. The van der Waals surface area contributed by atoms with Gasteiger partial charge in [0, 0.05) is 35.5 Å². The molecule has 0 amide bonds. The van der Waals surface area contributed by atoms with E-state index in [1.54, 1.807) is 12.1 Å². The minimum Gasteiger partial charge on any atom is -0.508 e. The van der Waals surface area contributed by atoms with Crippen LogP contribution in [0.5, 0.6) is 5.75 Å². The molecule has 2 unspecified atom stereocenters. The Kier molecular flexibility index (Phi) is 13.6. The molecular formula is C30H45NO5S. The number of aryl methyl sites for hydroxylation is 1. The van der Waals surface area contributed by atoms with Crippen LogP contribution in [0, 0.1) is 0 Å². The summed E-state index contributed by atoms with van der Waals surface area (Å²) in [6.07, 6.45) is 11.5. The van der Waals surface area contributed by atoms with Crippen LogP contribution in [-0.4, -0.2) is 51.1 Å². The zero-order chi connectivity index (χ0) is 26.3. The highest BCUT2D eigenvalue weighted by Gasteiger charge is 2.22. The lowest BCUT2D eigenvalue weighted by molar-refractivity contribution is 0.126. The minimum atomic E-state index is -0.853. The fourth-order valence-corrected chi connectivity index (χ4v) is 6.49. The van der Waals surface area contributed by atoms with E-state index in [4.69, 9.17) is 4.74 Å². The second-order valence-electron chi connectivity index (χ2n) is 10.1. The van der Waals surface area contributed by atoms with Gasteiger partial charge in [-0.05, 0) is 86.9 Å². The second-order valence-corrected chi connectivity index (χ2v) is 11.8. The standard InChI is InChI=1S/C30H45NO5S/c32-23-26-21-25(15-16-29(26)33)30(34)22-31-17-6-1-2-7-18-36-19-8-5-10-24-11-9-14-28(20-24)37(35)27-12-3-4-13-27/h9,11,14-16,20-21,27,30-34H,1-8,10,12-13,17-19,22-23H2. The number of nitrogens with one attached hydrogen (secondary N) is 1. The molecule has 206 valence electrons. The first kappa shape index (κ1) is 29.8. The lowest BCUT2D eigenvalue weighted by atomic mass is 10.1. The molecule has 7 heteroatoms. The first-order valence-electron chi connectivity index (χ1n) is 14.0. The number of hydrogen-bond acceptors (Lipinski definition) is 6. The smallest absolute Gasteiger partial charge is 0.121 e. The lowest BCUT2D eigenvalue weighted by Crippen LogP contribution is -2.22. The average molecular weight is 532 g/mol. The Balaban J connectivity index is 1.14. The van der Waals surface area contributed by atoms with Crippen LogP contribution in [0.2, 0.25) is 0 Å². The molecule has 0 aliphatic heterocycles. The van der Waals surface area contributed by atoms with Crippen molar-refractivity contribution in [3.8, 4) is 5.75 Å². The van der Waals surface area contributed by atoms with Crippen molar-refractivity contribution in [3.63, 3.8) is 0 Å². The largest absolute Gasteiger partial charge is 0.508 e. The van der Waals surface area contributed by atoms with Crippen LogP contribution in [0.1, 0.15) is 87.0 Å². The molecule has 37 heavy (non-hydrogen) atoms.